The number of halogens is 1. The number of unbranched alkanes of at least 4 members (excludes halogenated alkanes) is 1. The zero-order valence-corrected chi connectivity index (χ0v) is 35.1. The number of amides is 3. The third-order valence-electron chi connectivity index (χ3n) is 10.8. The Morgan fingerprint density at radius 1 is 0.935 bits per heavy atom. The number of aromatic carboxylic acids is 1. The maximum absolute atomic E-state index is 15.4. The second-order valence-corrected chi connectivity index (χ2v) is 15.5. The number of carbonyl (C=O) groups is 4. The number of hydrogen-bond acceptors (Lipinski definition) is 12. The maximum atomic E-state index is 15.4. The van der Waals surface area contributed by atoms with Crippen molar-refractivity contribution in [3.05, 3.63) is 118 Å². The van der Waals surface area contributed by atoms with Gasteiger partial charge in [-0.2, -0.15) is 0 Å². The topological polar surface area (TPSA) is 213 Å². The molecule has 1 fully saturated rings. The van der Waals surface area contributed by atoms with E-state index in [9.17, 15) is 29.1 Å². The zero-order valence-electron chi connectivity index (χ0n) is 35.1. The number of nitrogens with one attached hydrogen (secondary N) is 4. The molecule has 3 amide bonds. The summed E-state index contributed by atoms with van der Waals surface area (Å²) in [5.41, 5.74) is 14.2. The Bertz CT molecular complexity index is 2320. The van der Waals surface area contributed by atoms with Crippen molar-refractivity contribution in [1.29, 1.82) is 0 Å². The summed E-state index contributed by atoms with van der Waals surface area (Å²) in [5.74, 6) is -2.31. The minimum Gasteiger partial charge on any atom is -0.477 e. The van der Waals surface area contributed by atoms with E-state index < -0.39 is 47.0 Å². The monoisotopic (exact) mass is 855 g/mol. The summed E-state index contributed by atoms with van der Waals surface area (Å²) in [4.78, 5) is 67.2. The number of fused-ring (bicyclic) bond motifs is 1. The predicted molar refractivity (Wildman–Crippen MR) is 231 cm³/mol. The predicted octanol–water partition coefficient (Wildman–Crippen LogP) is 4.87. The van der Waals surface area contributed by atoms with Gasteiger partial charge in [-0.25, -0.2) is 18.8 Å². The van der Waals surface area contributed by atoms with Crippen molar-refractivity contribution in [3.8, 4) is 0 Å². The first-order chi connectivity index (χ1) is 29.9. The first-order valence-corrected chi connectivity index (χ1v) is 20.7. The van der Waals surface area contributed by atoms with E-state index in [1.165, 1.54) is 11.1 Å². The molecule has 2 aliphatic rings. The number of nitrogens with two attached hydrogens (primary N) is 1. The highest BCUT2D eigenvalue weighted by Crippen LogP contribution is 2.27. The van der Waals surface area contributed by atoms with E-state index in [1.54, 1.807) is 57.9 Å². The van der Waals surface area contributed by atoms with Gasteiger partial charge in [-0.15, -0.1) is 5.53 Å². The fourth-order valence-corrected chi connectivity index (χ4v) is 7.38. The van der Waals surface area contributed by atoms with Crippen molar-refractivity contribution >= 4 is 46.3 Å². The number of benzene rings is 3. The van der Waals surface area contributed by atoms with Crippen LogP contribution in [-0.2, 0) is 34.0 Å². The third kappa shape index (κ3) is 11.0. The van der Waals surface area contributed by atoms with Crippen molar-refractivity contribution in [1.82, 2.24) is 30.8 Å². The molecule has 17 nitrogen and oxygen atoms in total. The van der Waals surface area contributed by atoms with Gasteiger partial charge in [-0.3, -0.25) is 14.6 Å². The number of hydrogen-bond donors (Lipinski definition) is 6. The summed E-state index contributed by atoms with van der Waals surface area (Å²) in [6.07, 6.45) is 3.89. The Morgan fingerprint density at radius 2 is 1.63 bits per heavy atom. The summed E-state index contributed by atoms with van der Waals surface area (Å²) in [6.45, 7) is 7.87. The highest BCUT2D eigenvalue weighted by molar-refractivity contribution is 5.95. The number of aromatic nitrogens is 1. The van der Waals surface area contributed by atoms with Crippen LogP contribution in [0, 0.1) is 11.7 Å². The number of carboxylic acids is 1. The van der Waals surface area contributed by atoms with E-state index in [4.69, 9.17) is 15.2 Å². The second kappa shape index (κ2) is 20.7. The third-order valence-corrected chi connectivity index (χ3v) is 10.8. The number of anilines is 2. The number of piperazine rings is 1. The number of rotatable bonds is 17. The standard InChI is InChI=1S/C44H54FN9O8/c1-4-51-24-33(42(57)58)40(55)32-22-34(45)38(23-37(32)51)52-18-20-53(21-19-52)44(60)62-27-30-13-15-31(16-14-30)47-41(56)36(12-8-9-17-46)54-25-35(49-50-54)39(28(2)3)48-43(59)61-26-29-10-6-5-7-11-29/h5-7,10-11,13-16,22-25,28,36,39,49-50H,4,8-9,12,17-21,26-27,46H2,1-3H3,(H,47,56)(H,48,59)(H,57,58)/t36-,39-/m0/s1. The van der Waals surface area contributed by atoms with Gasteiger partial charge in [0.2, 0.25) is 11.3 Å². The van der Waals surface area contributed by atoms with Crippen molar-refractivity contribution in [3.63, 3.8) is 0 Å². The molecule has 1 aromatic heterocycles. The largest absolute Gasteiger partial charge is 0.477 e. The fourth-order valence-electron chi connectivity index (χ4n) is 7.38. The normalized spacial score (nSPS) is 14.9. The summed E-state index contributed by atoms with van der Waals surface area (Å²) in [5, 5.41) is 17.0. The highest BCUT2D eigenvalue weighted by atomic mass is 19.1. The molecule has 0 unspecified atom stereocenters. The van der Waals surface area contributed by atoms with Gasteiger partial charge in [0.15, 0.2) is 0 Å². The molecular weight excluding hydrogens is 802 g/mol. The molecule has 62 heavy (non-hydrogen) atoms. The van der Waals surface area contributed by atoms with Crippen LogP contribution in [0.2, 0.25) is 0 Å². The Morgan fingerprint density at radius 3 is 2.29 bits per heavy atom. The van der Waals surface area contributed by atoms with Crippen molar-refractivity contribution < 1.29 is 38.1 Å². The maximum Gasteiger partial charge on any atom is 0.410 e. The Kier molecular flexibility index (Phi) is 15.0. The summed E-state index contributed by atoms with van der Waals surface area (Å²) in [7, 11) is 0. The number of hydrazine groups is 2. The van der Waals surface area contributed by atoms with Crippen molar-refractivity contribution in [2.45, 2.75) is 71.9 Å². The molecule has 330 valence electrons. The van der Waals surface area contributed by atoms with E-state index >= 15 is 4.39 Å². The molecule has 0 bridgehead atoms. The number of nitrogens with zero attached hydrogens (tertiary/aromatic N) is 4. The number of pyridine rings is 1. The van der Waals surface area contributed by atoms with E-state index in [0.29, 0.717) is 61.5 Å². The lowest BCUT2D eigenvalue weighted by Crippen LogP contribution is -2.50. The Hall–Kier alpha value is -6.66. The number of aryl methyl sites for hydroxylation is 1. The lowest BCUT2D eigenvalue weighted by Gasteiger charge is -2.35. The first kappa shape index (κ1) is 44.9. The van der Waals surface area contributed by atoms with E-state index in [-0.39, 0.29) is 49.2 Å². The lowest BCUT2D eigenvalue weighted by atomic mass is 10.0. The molecule has 3 aromatic carbocycles. The molecule has 2 atom stereocenters. The van der Waals surface area contributed by atoms with Crippen molar-refractivity contribution in [2.24, 2.45) is 11.7 Å². The molecule has 18 heteroatoms. The molecule has 0 saturated carbocycles. The fraction of sp³-hybridized carbons (Fsp3) is 0.386. The SMILES string of the molecule is CCn1cc(C(=O)O)c(=O)c2cc(F)c(N3CCN(C(=O)OCc4ccc(NC(=O)[C@H](CCCCN)N5C=C([C@@H](NC(=O)OCc6ccccc6)C(C)C)NN5)cc4)CC3)cc21. The molecular formula is C44H54FN9O8. The van der Waals surface area contributed by atoms with Crippen LogP contribution in [0.25, 0.3) is 10.9 Å². The van der Waals surface area contributed by atoms with Crippen LogP contribution in [0.1, 0.15) is 61.5 Å². The van der Waals surface area contributed by atoms with Crippen LogP contribution in [0.3, 0.4) is 0 Å². The van der Waals surface area contributed by atoms with E-state index in [1.807, 2.05) is 44.2 Å². The van der Waals surface area contributed by atoms with Gasteiger partial charge in [0.05, 0.1) is 22.9 Å². The smallest absolute Gasteiger partial charge is 0.410 e. The molecule has 7 N–H and O–H groups in total. The lowest BCUT2D eigenvalue weighted by molar-refractivity contribution is -0.121. The van der Waals surface area contributed by atoms with Gasteiger partial charge in [0, 0.05) is 56.2 Å². The highest BCUT2D eigenvalue weighted by Gasteiger charge is 2.32. The number of carbonyl (C=O) groups excluding carboxylic acids is 3. The van der Waals surface area contributed by atoms with Crippen LogP contribution >= 0.6 is 0 Å². The van der Waals surface area contributed by atoms with Gasteiger partial charge in [0.1, 0.15) is 30.6 Å². The van der Waals surface area contributed by atoms with Gasteiger partial charge in [-0.1, -0.05) is 56.3 Å². The van der Waals surface area contributed by atoms with Gasteiger partial charge >= 0.3 is 18.2 Å². The summed E-state index contributed by atoms with van der Waals surface area (Å²) in [6, 6.07) is 17.9. The van der Waals surface area contributed by atoms with Gasteiger partial charge in [-0.05, 0) is 74.0 Å². The molecule has 0 aliphatic carbocycles. The molecule has 2 aliphatic heterocycles. The number of carboxylic acid groups (broad SMARTS) is 1. The van der Waals surface area contributed by atoms with Crippen LogP contribution in [0.5, 0.6) is 0 Å². The Balaban J connectivity index is 1.01. The minimum atomic E-state index is -1.37. The zero-order chi connectivity index (χ0) is 44.3. The van der Waals surface area contributed by atoms with Gasteiger partial charge < -0.3 is 50.7 Å². The van der Waals surface area contributed by atoms with E-state index in [2.05, 4.69) is 21.6 Å². The van der Waals surface area contributed by atoms with Gasteiger partial charge in [0.25, 0.3) is 0 Å². The second-order valence-electron chi connectivity index (χ2n) is 15.5. The van der Waals surface area contributed by atoms with Crippen LogP contribution in [0.4, 0.5) is 25.4 Å². The Labute approximate surface area is 358 Å². The number of ether oxygens (including phenoxy) is 2. The van der Waals surface area contributed by atoms with Crippen molar-refractivity contribution in [2.75, 3.05) is 42.9 Å². The molecule has 3 heterocycles. The quantitative estimate of drug-likeness (QED) is 0.0784. The minimum absolute atomic E-state index is 0.0107. The van der Waals surface area contributed by atoms with Crippen LogP contribution in [0.15, 0.2) is 89.6 Å². The molecule has 4 aromatic rings. The summed E-state index contributed by atoms with van der Waals surface area (Å²) < 4.78 is 28.0. The number of alkyl carbamates (subject to hydrolysis) is 1. The van der Waals surface area contributed by atoms with Crippen LogP contribution in [-0.4, -0.2) is 88.5 Å². The molecule has 6 rings (SSSR count). The van der Waals surface area contributed by atoms with Crippen LogP contribution < -0.4 is 37.7 Å². The summed E-state index contributed by atoms with van der Waals surface area (Å²) >= 11 is 0. The van der Waals surface area contributed by atoms with E-state index in [0.717, 1.165) is 18.1 Å². The molecule has 0 radical (unpaired) electrons. The average molecular weight is 856 g/mol. The molecule has 1 saturated heterocycles. The molecule has 0 spiro atoms. The first-order valence-electron chi connectivity index (χ1n) is 20.7. The average Bonchev–Trinajstić information content (AvgIpc) is 3.75.